The minimum atomic E-state index is -0.203. The number of fused-ring (bicyclic) bond motifs is 2. The van der Waals surface area contributed by atoms with E-state index in [0.29, 0.717) is 17.7 Å². The van der Waals surface area contributed by atoms with Gasteiger partial charge in [-0.1, -0.05) is 49.4 Å². The van der Waals surface area contributed by atoms with Crippen molar-refractivity contribution in [2.75, 3.05) is 0 Å². The Morgan fingerprint density at radius 3 is 2.12 bits per heavy atom. The lowest BCUT2D eigenvalue weighted by Gasteiger charge is -2.19. The molecule has 0 fully saturated rings. The van der Waals surface area contributed by atoms with Crippen LogP contribution in [-0.4, -0.2) is 16.7 Å². The average molecular weight is 329 g/mol. The van der Waals surface area contributed by atoms with Gasteiger partial charge in [-0.05, 0) is 52.9 Å². The minimum absolute atomic E-state index is 0.203. The molecule has 2 amide bonds. The van der Waals surface area contributed by atoms with Gasteiger partial charge in [-0.2, -0.15) is 0 Å². The number of imide groups is 1. The third kappa shape index (κ3) is 2.35. The van der Waals surface area contributed by atoms with Gasteiger partial charge in [-0.25, -0.2) is 0 Å². The van der Waals surface area contributed by atoms with Crippen LogP contribution in [0.3, 0.4) is 0 Å². The van der Waals surface area contributed by atoms with Crippen LogP contribution in [0, 0.1) is 6.92 Å². The third-order valence-electron chi connectivity index (χ3n) is 5.13. The zero-order valence-electron chi connectivity index (χ0n) is 14.4. The second-order valence-electron chi connectivity index (χ2n) is 6.46. The molecule has 0 saturated heterocycles. The highest BCUT2D eigenvalue weighted by atomic mass is 16.2. The van der Waals surface area contributed by atoms with Crippen LogP contribution in [-0.2, 0) is 13.0 Å². The second-order valence-corrected chi connectivity index (χ2v) is 6.46. The van der Waals surface area contributed by atoms with Crippen molar-refractivity contribution in [1.29, 1.82) is 0 Å². The molecule has 25 heavy (non-hydrogen) atoms. The van der Waals surface area contributed by atoms with Crippen molar-refractivity contribution >= 4 is 22.6 Å². The highest BCUT2D eigenvalue weighted by molar-refractivity contribution is 6.21. The molecule has 0 N–H and O–H groups in total. The van der Waals surface area contributed by atoms with Crippen LogP contribution < -0.4 is 0 Å². The quantitative estimate of drug-likeness (QED) is 0.663. The first-order valence-corrected chi connectivity index (χ1v) is 8.57. The van der Waals surface area contributed by atoms with Crippen molar-refractivity contribution in [3.63, 3.8) is 0 Å². The van der Waals surface area contributed by atoms with Crippen molar-refractivity contribution in [3.8, 4) is 0 Å². The van der Waals surface area contributed by atoms with Crippen molar-refractivity contribution < 1.29 is 9.59 Å². The molecule has 0 aromatic heterocycles. The average Bonchev–Trinajstić information content (AvgIpc) is 2.88. The van der Waals surface area contributed by atoms with E-state index in [1.54, 1.807) is 24.3 Å². The molecule has 1 heterocycles. The molecule has 124 valence electrons. The molecule has 0 aliphatic carbocycles. The number of hydrogen-bond acceptors (Lipinski definition) is 2. The zero-order valence-corrected chi connectivity index (χ0v) is 14.4. The molecule has 3 heteroatoms. The lowest BCUT2D eigenvalue weighted by molar-refractivity contribution is 0.0643. The van der Waals surface area contributed by atoms with Crippen LogP contribution in [0.1, 0.15) is 44.3 Å². The van der Waals surface area contributed by atoms with Crippen LogP contribution in [0.4, 0.5) is 0 Å². The first-order valence-electron chi connectivity index (χ1n) is 8.57. The summed E-state index contributed by atoms with van der Waals surface area (Å²) in [4.78, 5) is 26.8. The van der Waals surface area contributed by atoms with Crippen molar-refractivity contribution in [2.45, 2.75) is 26.8 Å². The van der Waals surface area contributed by atoms with Crippen molar-refractivity contribution in [3.05, 3.63) is 82.4 Å². The molecule has 3 aromatic carbocycles. The molecule has 0 radical (unpaired) electrons. The van der Waals surface area contributed by atoms with Gasteiger partial charge in [-0.15, -0.1) is 0 Å². The Morgan fingerprint density at radius 2 is 1.48 bits per heavy atom. The van der Waals surface area contributed by atoms with E-state index in [-0.39, 0.29) is 11.8 Å². The number of carbonyl (C=O) groups excluding carboxylic acids is 2. The van der Waals surface area contributed by atoms with Gasteiger partial charge in [0.15, 0.2) is 0 Å². The van der Waals surface area contributed by atoms with Gasteiger partial charge in [0.25, 0.3) is 11.8 Å². The molecule has 0 unspecified atom stereocenters. The van der Waals surface area contributed by atoms with E-state index in [1.807, 2.05) is 12.1 Å². The van der Waals surface area contributed by atoms with Gasteiger partial charge in [0, 0.05) is 0 Å². The number of aryl methyl sites for hydroxylation is 1. The summed E-state index contributed by atoms with van der Waals surface area (Å²) in [5, 5.41) is 2.25. The highest BCUT2D eigenvalue weighted by Crippen LogP contribution is 2.30. The smallest absolute Gasteiger partial charge is 0.261 e. The second kappa shape index (κ2) is 5.85. The maximum atomic E-state index is 12.7. The molecular weight excluding hydrogens is 310 g/mol. The summed E-state index contributed by atoms with van der Waals surface area (Å²) in [5.74, 6) is -0.406. The first kappa shape index (κ1) is 15.6. The zero-order chi connectivity index (χ0) is 17.6. The molecule has 1 aliphatic heterocycles. The topological polar surface area (TPSA) is 37.4 Å². The van der Waals surface area contributed by atoms with E-state index >= 15 is 0 Å². The van der Waals surface area contributed by atoms with Gasteiger partial charge in [0.05, 0.1) is 17.7 Å². The summed E-state index contributed by atoms with van der Waals surface area (Å²) < 4.78 is 0. The van der Waals surface area contributed by atoms with Crippen molar-refractivity contribution in [2.24, 2.45) is 0 Å². The van der Waals surface area contributed by atoms with Crippen LogP contribution in [0.15, 0.2) is 54.6 Å². The Labute approximate surface area is 146 Å². The Balaban J connectivity index is 1.83. The molecule has 3 nitrogen and oxygen atoms in total. The van der Waals surface area contributed by atoms with E-state index in [4.69, 9.17) is 0 Å². The number of hydrogen-bond donors (Lipinski definition) is 0. The lowest BCUT2D eigenvalue weighted by Crippen LogP contribution is -2.29. The maximum Gasteiger partial charge on any atom is 0.261 e. The molecule has 4 rings (SSSR count). The van der Waals surface area contributed by atoms with E-state index in [9.17, 15) is 9.59 Å². The largest absolute Gasteiger partial charge is 0.270 e. The van der Waals surface area contributed by atoms with Gasteiger partial charge < -0.3 is 0 Å². The Bertz CT molecular complexity index is 985. The molecule has 0 spiro atoms. The Morgan fingerprint density at radius 1 is 0.880 bits per heavy atom. The fourth-order valence-corrected chi connectivity index (χ4v) is 3.70. The van der Waals surface area contributed by atoms with E-state index < -0.39 is 0 Å². The standard InChI is InChI=1S/C22H19NO2/c1-3-15-12-16-8-4-5-9-17(16)20(14(15)2)13-23-21(24)18-10-6-7-11-19(18)22(23)25/h4-12H,3,13H2,1-2H3. The molecule has 0 saturated carbocycles. The van der Waals surface area contributed by atoms with Crippen LogP contribution in [0.5, 0.6) is 0 Å². The van der Waals surface area contributed by atoms with Crippen LogP contribution in [0.25, 0.3) is 10.8 Å². The van der Waals surface area contributed by atoms with E-state index in [1.165, 1.54) is 10.5 Å². The fourth-order valence-electron chi connectivity index (χ4n) is 3.70. The number of benzene rings is 3. The molecule has 0 bridgehead atoms. The van der Waals surface area contributed by atoms with Gasteiger partial charge in [-0.3, -0.25) is 14.5 Å². The predicted octanol–water partition coefficient (Wildman–Crippen LogP) is 4.51. The molecule has 0 atom stereocenters. The van der Waals surface area contributed by atoms with Crippen LogP contribution >= 0.6 is 0 Å². The Hall–Kier alpha value is -2.94. The molecule has 1 aliphatic rings. The number of amides is 2. The first-order chi connectivity index (χ1) is 12.1. The normalized spacial score (nSPS) is 13.6. The van der Waals surface area contributed by atoms with Crippen molar-refractivity contribution in [1.82, 2.24) is 4.90 Å². The Kier molecular flexibility index (Phi) is 3.65. The summed E-state index contributed by atoms with van der Waals surface area (Å²) in [6.45, 7) is 4.52. The summed E-state index contributed by atoms with van der Waals surface area (Å²) in [6, 6.07) is 17.4. The summed E-state index contributed by atoms with van der Waals surface area (Å²) in [6.07, 6.45) is 0.922. The fraction of sp³-hybridized carbons (Fsp3) is 0.182. The van der Waals surface area contributed by atoms with Gasteiger partial charge in [0.2, 0.25) is 0 Å². The van der Waals surface area contributed by atoms with E-state index in [0.717, 1.165) is 28.3 Å². The van der Waals surface area contributed by atoms with Gasteiger partial charge in [0.1, 0.15) is 0 Å². The van der Waals surface area contributed by atoms with Crippen LogP contribution in [0.2, 0.25) is 0 Å². The maximum absolute atomic E-state index is 12.7. The van der Waals surface area contributed by atoms with E-state index in [2.05, 4.69) is 32.0 Å². The third-order valence-corrected chi connectivity index (χ3v) is 5.13. The SMILES string of the molecule is CCc1cc2ccccc2c(CN2C(=O)c3ccccc3C2=O)c1C. The highest BCUT2D eigenvalue weighted by Gasteiger charge is 2.35. The summed E-state index contributed by atoms with van der Waals surface area (Å²) >= 11 is 0. The number of carbonyl (C=O) groups is 2. The molecular formula is C22H19NO2. The number of nitrogens with zero attached hydrogens (tertiary/aromatic N) is 1. The van der Waals surface area contributed by atoms with Gasteiger partial charge >= 0.3 is 0 Å². The number of rotatable bonds is 3. The summed E-state index contributed by atoms with van der Waals surface area (Å²) in [7, 11) is 0. The molecule has 3 aromatic rings. The predicted molar refractivity (Wildman–Crippen MR) is 98.7 cm³/mol. The lowest BCUT2D eigenvalue weighted by atomic mass is 9.93. The summed E-state index contributed by atoms with van der Waals surface area (Å²) in [5.41, 5.74) is 4.48. The minimum Gasteiger partial charge on any atom is -0.270 e. The monoisotopic (exact) mass is 329 g/mol.